The van der Waals surface area contributed by atoms with E-state index in [4.69, 9.17) is 16.3 Å². The van der Waals surface area contributed by atoms with Crippen LogP contribution in [0, 0.1) is 0 Å². The standard InChI is InChI=1S/C28H30BrClN2O3/c1-3-20(2)31-28(34)26(17-21-8-5-4-6-9-21)32(18-22-10-7-11-23(29)16-22)27(33)19-35-25-14-12-24(30)13-15-25/h4-16,20,26H,3,17-19H2,1-2H3,(H,31,34)/t20-,26+/m1/s1. The van der Waals surface area contributed by atoms with Gasteiger partial charge < -0.3 is 15.0 Å². The molecule has 0 heterocycles. The van der Waals surface area contributed by atoms with Crippen molar-refractivity contribution in [2.75, 3.05) is 6.61 Å². The van der Waals surface area contributed by atoms with E-state index < -0.39 is 6.04 Å². The molecule has 5 nitrogen and oxygen atoms in total. The van der Waals surface area contributed by atoms with Crippen molar-refractivity contribution in [1.82, 2.24) is 10.2 Å². The van der Waals surface area contributed by atoms with Crippen molar-refractivity contribution < 1.29 is 14.3 Å². The fourth-order valence-corrected chi connectivity index (χ4v) is 4.16. The van der Waals surface area contributed by atoms with Crippen molar-refractivity contribution in [3.05, 3.63) is 99.5 Å². The molecule has 0 unspecified atom stereocenters. The first-order chi connectivity index (χ1) is 16.9. The van der Waals surface area contributed by atoms with E-state index in [9.17, 15) is 9.59 Å². The van der Waals surface area contributed by atoms with Gasteiger partial charge >= 0.3 is 0 Å². The largest absolute Gasteiger partial charge is 0.484 e. The second-order valence-corrected chi connectivity index (χ2v) is 9.77. The Kier molecular flexibility index (Phi) is 10.2. The van der Waals surface area contributed by atoms with Gasteiger partial charge in [0.1, 0.15) is 11.8 Å². The zero-order chi connectivity index (χ0) is 25.2. The lowest BCUT2D eigenvalue weighted by atomic mass is 10.0. The summed E-state index contributed by atoms with van der Waals surface area (Å²) in [6, 6.07) is 23.6. The summed E-state index contributed by atoms with van der Waals surface area (Å²) in [6.07, 6.45) is 1.19. The third-order valence-electron chi connectivity index (χ3n) is 5.69. The quantitative estimate of drug-likeness (QED) is 0.313. The van der Waals surface area contributed by atoms with E-state index in [0.29, 0.717) is 17.2 Å². The fraction of sp³-hybridized carbons (Fsp3) is 0.286. The molecule has 0 radical (unpaired) electrons. The molecule has 0 saturated heterocycles. The highest BCUT2D eigenvalue weighted by Gasteiger charge is 2.31. The van der Waals surface area contributed by atoms with Crippen LogP contribution in [0.25, 0.3) is 0 Å². The number of carbonyl (C=O) groups is 2. The molecule has 0 aromatic heterocycles. The number of carbonyl (C=O) groups excluding carboxylic acids is 2. The molecular weight excluding hydrogens is 528 g/mol. The van der Waals surface area contributed by atoms with Gasteiger partial charge in [0.2, 0.25) is 5.91 Å². The Bertz CT molecular complexity index is 1110. The minimum absolute atomic E-state index is 0.00564. The SMILES string of the molecule is CC[C@@H](C)NC(=O)[C@H](Cc1ccccc1)N(Cc1cccc(Br)c1)C(=O)COc1ccc(Cl)cc1. The van der Waals surface area contributed by atoms with Gasteiger partial charge in [0.15, 0.2) is 6.61 Å². The Morgan fingerprint density at radius 2 is 1.69 bits per heavy atom. The molecule has 0 bridgehead atoms. The molecule has 3 aromatic rings. The molecular formula is C28H30BrClN2O3. The summed E-state index contributed by atoms with van der Waals surface area (Å²) < 4.78 is 6.66. The molecule has 35 heavy (non-hydrogen) atoms. The monoisotopic (exact) mass is 556 g/mol. The number of nitrogens with one attached hydrogen (secondary N) is 1. The molecule has 0 spiro atoms. The van der Waals surface area contributed by atoms with Gasteiger partial charge in [0, 0.05) is 28.5 Å². The topological polar surface area (TPSA) is 58.6 Å². The highest BCUT2D eigenvalue weighted by atomic mass is 79.9. The van der Waals surface area contributed by atoms with Crippen LogP contribution in [0.5, 0.6) is 5.75 Å². The van der Waals surface area contributed by atoms with Crippen molar-refractivity contribution in [3.63, 3.8) is 0 Å². The summed E-state index contributed by atoms with van der Waals surface area (Å²) in [4.78, 5) is 28.6. The molecule has 0 saturated carbocycles. The second-order valence-electron chi connectivity index (χ2n) is 8.42. The van der Waals surface area contributed by atoms with Gasteiger partial charge in [0.05, 0.1) is 0 Å². The lowest BCUT2D eigenvalue weighted by Crippen LogP contribution is -2.53. The predicted octanol–water partition coefficient (Wildman–Crippen LogP) is 6.04. The summed E-state index contributed by atoms with van der Waals surface area (Å²) >= 11 is 9.46. The average Bonchev–Trinajstić information content (AvgIpc) is 2.86. The first-order valence-corrected chi connectivity index (χ1v) is 12.8. The van der Waals surface area contributed by atoms with Crippen LogP contribution in [0.15, 0.2) is 83.3 Å². The van der Waals surface area contributed by atoms with Gasteiger partial charge in [-0.25, -0.2) is 0 Å². The molecule has 0 aliphatic rings. The van der Waals surface area contributed by atoms with Crippen molar-refractivity contribution in [2.45, 2.75) is 45.3 Å². The smallest absolute Gasteiger partial charge is 0.261 e. The lowest BCUT2D eigenvalue weighted by Gasteiger charge is -2.32. The van der Waals surface area contributed by atoms with E-state index in [-0.39, 0.29) is 31.0 Å². The zero-order valence-corrected chi connectivity index (χ0v) is 22.3. The number of hydrogen-bond acceptors (Lipinski definition) is 3. The van der Waals surface area contributed by atoms with Crippen molar-refractivity contribution in [2.24, 2.45) is 0 Å². The number of rotatable bonds is 11. The average molecular weight is 558 g/mol. The molecule has 0 aliphatic carbocycles. The van der Waals surface area contributed by atoms with Crippen LogP contribution in [-0.4, -0.2) is 35.4 Å². The predicted molar refractivity (Wildman–Crippen MR) is 143 cm³/mol. The minimum atomic E-state index is -0.702. The van der Waals surface area contributed by atoms with Crippen LogP contribution in [0.4, 0.5) is 0 Å². The van der Waals surface area contributed by atoms with E-state index in [2.05, 4.69) is 21.2 Å². The normalized spacial score (nSPS) is 12.5. The summed E-state index contributed by atoms with van der Waals surface area (Å²) in [6.45, 7) is 4.05. The van der Waals surface area contributed by atoms with Crippen LogP contribution in [0.3, 0.4) is 0 Å². The Morgan fingerprint density at radius 3 is 2.34 bits per heavy atom. The van der Waals surface area contributed by atoms with Crippen LogP contribution in [0.1, 0.15) is 31.4 Å². The molecule has 2 atom stereocenters. The third-order valence-corrected chi connectivity index (χ3v) is 6.44. The van der Waals surface area contributed by atoms with Gasteiger partial charge in [-0.05, 0) is 60.9 Å². The van der Waals surface area contributed by atoms with Crippen LogP contribution in [-0.2, 0) is 22.6 Å². The minimum Gasteiger partial charge on any atom is -0.484 e. The summed E-state index contributed by atoms with van der Waals surface area (Å²) in [5.74, 6) is 0.0759. The van der Waals surface area contributed by atoms with Gasteiger partial charge in [-0.2, -0.15) is 0 Å². The van der Waals surface area contributed by atoms with Gasteiger partial charge in [-0.1, -0.05) is 76.9 Å². The number of ether oxygens (including phenoxy) is 1. The molecule has 184 valence electrons. The van der Waals surface area contributed by atoms with Crippen LogP contribution in [0.2, 0.25) is 5.02 Å². The molecule has 3 aromatic carbocycles. The van der Waals surface area contributed by atoms with E-state index in [1.54, 1.807) is 29.2 Å². The fourth-order valence-electron chi connectivity index (χ4n) is 3.59. The number of benzene rings is 3. The van der Waals surface area contributed by atoms with Gasteiger partial charge in [0.25, 0.3) is 5.91 Å². The maximum atomic E-state index is 13.5. The highest BCUT2D eigenvalue weighted by molar-refractivity contribution is 9.10. The third kappa shape index (κ3) is 8.41. The van der Waals surface area contributed by atoms with E-state index in [1.807, 2.05) is 68.4 Å². The lowest BCUT2D eigenvalue weighted by molar-refractivity contribution is -0.143. The van der Waals surface area contributed by atoms with Gasteiger partial charge in [-0.15, -0.1) is 0 Å². The summed E-state index contributed by atoms with van der Waals surface area (Å²) in [5, 5.41) is 3.65. The van der Waals surface area contributed by atoms with Gasteiger partial charge in [-0.3, -0.25) is 9.59 Å². The first kappa shape index (κ1) is 26.8. The Labute approximate surface area is 220 Å². The molecule has 3 rings (SSSR count). The molecule has 1 N–H and O–H groups in total. The van der Waals surface area contributed by atoms with Crippen molar-refractivity contribution in [3.8, 4) is 5.75 Å². The Morgan fingerprint density at radius 1 is 1.00 bits per heavy atom. The zero-order valence-electron chi connectivity index (χ0n) is 19.9. The number of nitrogens with zero attached hydrogens (tertiary/aromatic N) is 1. The van der Waals surface area contributed by atoms with E-state index in [0.717, 1.165) is 22.0 Å². The van der Waals surface area contributed by atoms with Crippen LogP contribution < -0.4 is 10.1 Å². The van der Waals surface area contributed by atoms with E-state index >= 15 is 0 Å². The second kappa shape index (κ2) is 13.3. The molecule has 7 heteroatoms. The van der Waals surface area contributed by atoms with Crippen molar-refractivity contribution >= 4 is 39.3 Å². The number of amides is 2. The molecule has 0 aliphatic heterocycles. The van der Waals surface area contributed by atoms with Crippen LogP contribution >= 0.6 is 27.5 Å². The Balaban J connectivity index is 1.90. The summed E-state index contributed by atoms with van der Waals surface area (Å²) in [7, 11) is 0. The molecule has 2 amide bonds. The Hall–Kier alpha value is -2.83. The summed E-state index contributed by atoms with van der Waals surface area (Å²) in [5.41, 5.74) is 1.89. The number of hydrogen-bond donors (Lipinski definition) is 1. The van der Waals surface area contributed by atoms with E-state index in [1.165, 1.54) is 0 Å². The number of halogens is 2. The maximum absolute atomic E-state index is 13.5. The first-order valence-electron chi connectivity index (χ1n) is 11.6. The maximum Gasteiger partial charge on any atom is 0.261 e. The van der Waals surface area contributed by atoms with Crippen molar-refractivity contribution in [1.29, 1.82) is 0 Å². The molecule has 0 fully saturated rings. The highest BCUT2D eigenvalue weighted by Crippen LogP contribution is 2.19.